The maximum Gasteiger partial charge on any atom is 0.305 e. The van der Waals surface area contributed by atoms with Gasteiger partial charge in [-0.1, -0.05) is 6.07 Å². The lowest BCUT2D eigenvalue weighted by atomic mass is 10.1. The van der Waals surface area contributed by atoms with Gasteiger partial charge in [-0.3, -0.25) is 4.79 Å². The van der Waals surface area contributed by atoms with Crippen LogP contribution in [0.4, 0.5) is 0 Å². The van der Waals surface area contributed by atoms with Crippen molar-refractivity contribution < 1.29 is 19.0 Å². The van der Waals surface area contributed by atoms with E-state index in [4.69, 9.17) is 25.8 Å². The molecule has 110 valence electrons. The number of alkyl halides is 1. The van der Waals surface area contributed by atoms with Gasteiger partial charge in [0.2, 0.25) is 0 Å². The van der Waals surface area contributed by atoms with Gasteiger partial charge in [-0.05, 0) is 31.0 Å². The molecule has 0 saturated carbocycles. The molecule has 0 aliphatic carbocycles. The number of carbonyl (C=O) groups excluding carboxylic acids is 1. The molecule has 0 bridgehead atoms. The second-order valence-corrected chi connectivity index (χ2v) is 5.09. The van der Waals surface area contributed by atoms with Crippen LogP contribution < -0.4 is 9.47 Å². The van der Waals surface area contributed by atoms with Crippen LogP contribution >= 0.6 is 11.6 Å². The van der Waals surface area contributed by atoms with Crippen LogP contribution in [-0.4, -0.2) is 25.8 Å². The Morgan fingerprint density at radius 2 is 2.10 bits per heavy atom. The molecule has 1 atom stereocenters. The molecule has 0 aromatic heterocycles. The molecule has 4 nitrogen and oxygen atoms in total. The van der Waals surface area contributed by atoms with Gasteiger partial charge in [0, 0.05) is 12.8 Å². The Balaban J connectivity index is 1.98. The number of halogens is 1. The van der Waals surface area contributed by atoms with Crippen LogP contribution in [0.2, 0.25) is 0 Å². The molecule has 0 fully saturated rings. The summed E-state index contributed by atoms with van der Waals surface area (Å²) in [4.78, 5) is 11.3. The van der Waals surface area contributed by atoms with Gasteiger partial charge in [-0.2, -0.15) is 0 Å². The predicted molar refractivity (Wildman–Crippen MR) is 76.5 cm³/mol. The minimum Gasteiger partial charge on any atom is -0.490 e. The van der Waals surface area contributed by atoms with Gasteiger partial charge >= 0.3 is 5.97 Å². The number of benzene rings is 1. The third kappa shape index (κ3) is 4.04. The summed E-state index contributed by atoms with van der Waals surface area (Å²) in [5.74, 6) is 1.26. The fraction of sp³-hybridized carbons (Fsp3) is 0.533. The lowest BCUT2D eigenvalue weighted by Gasteiger charge is -2.13. The summed E-state index contributed by atoms with van der Waals surface area (Å²) in [6, 6.07) is 5.68. The zero-order chi connectivity index (χ0) is 14.4. The zero-order valence-corrected chi connectivity index (χ0v) is 12.3. The molecule has 1 aliphatic heterocycles. The summed E-state index contributed by atoms with van der Waals surface area (Å²) in [6.07, 6.45) is 1.73. The molecule has 2 rings (SSSR count). The standard InChI is InChI=1S/C15H19ClO4/c1-2-18-15(17)7-5-12(16)11-4-6-13-14(10-11)20-9-3-8-19-13/h4,6,10,12H,2-3,5,7-9H2,1H3. The van der Waals surface area contributed by atoms with Crippen LogP contribution in [0.5, 0.6) is 11.5 Å². The Kier molecular flexibility index (Phi) is 5.53. The predicted octanol–water partition coefficient (Wildman–Crippen LogP) is 3.47. The van der Waals surface area contributed by atoms with Crippen LogP contribution in [0.25, 0.3) is 0 Å². The molecule has 1 aliphatic rings. The lowest BCUT2D eigenvalue weighted by Crippen LogP contribution is -2.05. The fourth-order valence-electron chi connectivity index (χ4n) is 2.02. The summed E-state index contributed by atoms with van der Waals surface area (Å²) in [5.41, 5.74) is 0.931. The third-order valence-electron chi connectivity index (χ3n) is 3.04. The first-order chi connectivity index (χ1) is 9.70. The Hall–Kier alpha value is -1.42. The normalized spacial score (nSPS) is 15.3. The van der Waals surface area contributed by atoms with E-state index in [9.17, 15) is 4.79 Å². The second kappa shape index (κ2) is 7.39. The van der Waals surface area contributed by atoms with Crippen LogP contribution in [0.3, 0.4) is 0 Å². The number of rotatable bonds is 5. The first-order valence-electron chi connectivity index (χ1n) is 6.90. The topological polar surface area (TPSA) is 44.8 Å². The van der Waals surface area contributed by atoms with Crippen molar-refractivity contribution in [1.82, 2.24) is 0 Å². The van der Waals surface area contributed by atoms with Crippen LogP contribution in [0, 0.1) is 0 Å². The molecule has 20 heavy (non-hydrogen) atoms. The average Bonchev–Trinajstić information content (AvgIpc) is 2.69. The summed E-state index contributed by atoms with van der Waals surface area (Å²) >= 11 is 6.33. The summed E-state index contributed by atoms with van der Waals surface area (Å²) in [6.45, 7) is 3.50. The van der Waals surface area contributed by atoms with E-state index >= 15 is 0 Å². The molecule has 0 amide bonds. The first kappa shape index (κ1) is 15.0. The molecular formula is C15H19ClO4. The van der Waals surface area contributed by atoms with E-state index in [-0.39, 0.29) is 11.3 Å². The second-order valence-electron chi connectivity index (χ2n) is 4.57. The lowest BCUT2D eigenvalue weighted by molar-refractivity contribution is -0.143. The van der Waals surface area contributed by atoms with Gasteiger partial charge in [-0.15, -0.1) is 11.6 Å². The van der Waals surface area contributed by atoms with Gasteiger partial charge in [0.15, 0.2) is 11.5 Å². The fourth-order valence-corrected chi connectivity index (χ4v) is 2.26. The molecule has 0 spiro atoms. The molecule has 1 heterocycles. The number of carbonyl (C=O) groups is 1. The maximum absolute atomic E-state index is 11.3. The molecule has 1 aromatic carbocycles. The van der Waals surface area contributed by atoms with Crippen molar-refractivity contribution in [2.24, 2.45) is 0 Å². The van der Waals surface area contributed by atoms with Crippen molar-refractivity contribution in [1.29, 1.82) is 0 Å². The molecule has 1 aromatic rings. The number of fused-ring (bicyclic) bond motifs is 1. The largest absolute Gasteiger partial charge is 0.490 e. The van der Waals surface area contributed by atoms with Gasteiger partial charge in [-0.25, -0.2) is 0 Å². The van der Waals surface area contributed by atoms with E-state index in [0.29, 0.717) is 32.7 Å². The van der Waals surface area contributed by atoms with Crippen LogP contribution in [0.1, 0.15) is 37.1 Å². The highest BCUT2D eigenvalue weighted by atomic mass is 35.5. The van der Waals surface area contributed by atoms with E-state index in [1.54, 1.807) is 6.92 Å². The van der Waals surface area contributed by atoms with E-state index in [1.807, 2.05) is 18.2 Å². The van der Waals surface area contributed by atoms with Gasteiger partial charge in [0.1, 0.15) is 0 Å². The smallest absolute Gasteiger partial charge is 0.305 e. The third-order valence-corrected chi connectivity index (χ3v) is 3.51. The van der Waals surface area contributed by atoms with E-state index in [1.165, 1.54) is 0 Å². The SMILES string of the molecule is CCOC(=O)CCC(Cl)c1ccc2c(c1)OCCCO2. The molecule has 1 unspecified atom stereocenters. The van der Waals surface area contributed by atoms with Crippen LogP contribution in [0.15, 0.2) is 18.2 Å². The molecule has 0 N–H and O–H groups in total. The Bertz CT molecular complexity index is 461. The summed E-state index contributed by atoms with van der Waals surface area (Å²) in [7, 11) is 0. The van der Waals surface area contributed by atoms with Gasteiger partial charge < -0.3 is 14.2 Å². The van der Waals surface area contributed by atoms with Crippen molar-refractivity contribution in [3.8, 4) is 11.5 Å². The van der Waals surface area contributed by atoms with E-state index < -0.39 is 0 Å². The highest BCUT2D eigenvalue weighted by molar-refractivity contribution is 6.20. The van der Waals surface area contributed by atoms with Gasteiger partial charge in [0.25, 0.3) is 0 Å². The maximum atomic E-state index is 11.3. The van der Waals surface area contributed by atoms with Crippen molar-refractivity contribution in [3.63, 3.8) is 0 Å². The Labute approximate surface area is 124 Å². The number of hydrogen-bond donors (Lipinski definition) is 0. The highest BCUT2D eigenvalue weighted by Crippen LogP contribution is 2.35. The van der Waals surface area contributed by atoms with Gasteiger partial charge in [0.05, 0.1) is 25.2 Å². The van der Waals surface area contributed by atoms with Crippen molar-refractivity contribution in [2.75, 3.05) is 19.8 Å². The molecule has 5 heteroatoms. The van der Waals surface area contributed by atoms with E-state index in [2.05, 4.69) is 0 Å². The van der Waals surface area contributed by atoms with Crippen LogP contribution in [-0.2, 0) is 9.53 Å². The minimum atomic E-state index is -0.239. The molecule has 0 radical (unpaired) electrons. The van der Waals surface area contributed by atoms with E-state index in [0.717, 1.165) is 23.5 Å². The summed E-state index contributed by atoms with van der Waals surface area (Å²) in [5, 5.41) is -0.239. The molecular weight excluding hydrogens is 280 g/mol. The Morgan fingerprint density at radius 1 is 1.35 bits per heavy atom. The van der Waals surface area contributed by atoms with Crippen molar-refractivity contribution in [2.45, 2.75) is 31.6 Å². The first-order valence-corrected chi connectivity index (χ1v) is 7.33. The van der Waals surface area contributed by atoms with Crippen molar-refractivity contribution >= 4 is 17.6 Å². The quantitative estimate of drug-likeness (QED) is 0.617. The average molecular weight is 299 g/mol. The Morgan fingerprint density at radius 3 is 2.85 bits per heavy atom. The number of ether oxygens (including phenoxy) is 3. The number of hydrogen-bond acceptors (Lipinski definition) is 4. The minimum absolute atomic E-state index is 0.215. The number of esters is 1. The van der Waals surface area contributed by atoms with Crippen molar-refractivity contribution in [3.05, 3.63) is 23.8 Å². The summed E-state index contributed by atoms with van der Waals surface area (Å²) < 4.78 is 16.1. The zero-order valence-electron chi connectivity index (χ0n) is 11.6. The monoisotopic (exact) mass is 298 g/mol. The molecule has 0 saturated heterocycles. The highest BCUT2D eigenvalue weighted by Gasteiger charge is 2.16.